The molecule has 1 saturated heterocycles. The third-order valence-corrected chi connectivity index (χ3v) is 4.03. The fraction of sp³-hybridized carbons (Fsp3) is 0.538. The zero-order chi connectivity index (χ0) is 13.7. The number of carboxylic acid groups (broad SMARTS) is 1. The molecule has 2 N–H and O–H groups in total. The molecule has 0 unspecified atom stereocenters. The quantitative estimate of drug-likeness (QED) is 0.857. The Morgan fingerprint density at radius 2 is 2.16 bits per heavy atom. The lowest BCUT2D eigenvalue weighted by Gasteiger charge is -2.31. The number of amides is 1. The van der Waals surface area contributed by atoms with Crippen molar-refractivity contribution in [3.8, 4) is 0 Å². The fourth-order valence-electron chi connectivity index (χ4n) is 2.22. The number of hydrogen-bond acceptors (Lipinski definition) is 4. The van der Waals surface area contributed by atoms with Crippen LogP contribution in [0.4, 0.5) is 0 Å². The minimum absolute atomic E-state index is 0.00904. The van der Waals surface area contributed by atoms with Crippen molar-refractivity contribution in [2.45, 2.75) is 25.3 Å². The maximum absolute atomic E-state index is 11.9. The maximum Gasteiger partial charge on any atom is 0.304 e. The minimum atomic E-state index is -0.757. The maximum atomic E-state index is 11.9. The Bertz CT molecular complexity index is 425. The highest BCUT2D eigenvalue weighted by atomic mass is 32.1. The average molecular weight is 282 g/mol. The van der Waals surface area contributed by atoms with Crippen LogP contribution in [0, 0.1) is 0 Å². The van der Waals surface area contributed by atoms with Crippen molar-refractivity contribution in [1.29, 1.82) is 0 Å². The number of nitrogens with one attached hydrogen (secondary N) is 1. The Balaban J connectivity index is 1.71. The number of likely N-dealkylation sites (tertiary alicyclic amines) is 1. The van der Waals surface area contributed by atoms with Crippen molar-refractivity contribution >= 4 is 23.2 Å². The SMILES string of the molecule is O=C(O)CCN1CCC(NC(=O)c2ccsc2)CC1. The summed E-state index contributed by atoms with van der Waals surface area (Å²) in [4.78, 5) is 24.5. The van der Waals surface area contributed by atoms with Crippen molar-refractivity contribution in [2.75, 3.05) is 19.6 Å². The molecule has 1 aliphatic heterocycles. The first-order valence-electron chi connectivity index (χ1n) is 6.42. The van der Waals surface area contributed by atoms with E-state index in [0.29, 0.717) is 6.54 Å². The first-order chi connectivity index (χ1) is 9.15. The number of carboxylic acids is 1. The van der Waals surface area contributed by atoms with Gasteiger partial charge in [-0.15, -0.1) is 0 Å². The summed E-state index contributed by atoms with van der Waals surface area (Å²) in [6.07, 6.45) is 1.96. The molecule has 0 bridgehead atoms. The topological polar surface area (TPSA) is 69.6 Å². The van der Waals surface area contributed by atoms with E-state index in [4.69, 9.17) is 5.11 Å². The molecule has 0 radical (unpaired) electrons. The number of nitrogens with zero attached hydrogens (tertiary/aromatic N) is 1. The van der Waals surface area contributed by atoms with Gasteiger partial charge in [0, 0.05) is 36.6 Å². The summed E-state index contributed by atoms with van der Waals surface area (Å²) in [7, 11) is 0. The molecule has 5 nitrogen and oxygen atoms in total. The molecule has 2 heterocycles. The predicted molar refractivity (Wildman–Crippen MR) is 73.5 cm³/mol. The molecule has 1 amide bonds. The van der Waals surface area contributed by atoms with Gasteiger partial charge in [-0.1, -0.05) is 0 Å². The van der Waals surface area contributed by atoms with E-state index in [1.807, 2.05) is 16.8 Å². The highest BCUT2D eigenvalue weighted by molar-refractivity contribution is 7.08. The van der Waals surface area contributed by atoms with Gasteiger partial charge in [0.25, 0.3) is 5.91 Å². The number of rotatable bonds is 5. The van der Waals surface area contributed by atoms with Crippen molar-refractivity contribution in [1.82, 2.24) is 10.2 Å². The predicted octanol–water partition coefficient (Wildman–Crippen LogP) is 1.42. The smallest absolute Gasteiger partial charge is 0.304 e. The first-order valence-corrected chi connectivity index (χ1v) is 7.36. The van der Waals surface area contributed by atoms with Gasteiger partial charge in [0.05, 0.1) is 6.42 Å². The molecule has 19 heavy (non-hydrogen) atoms. The molecule has 1 fully saturated rings. The lowest BCUT2D eigenvalue weighted by molar-refractivity contribution is -0.137. The van der Waals surface area contributed by atoms with Crippen molar-refractivity contribution in [3.63, 3.8) is 0 Å². The van der Waals surface area contributed by atoms with Crippen LogP contribution >= 0.6 is 11.3 Å². The third kappa shape index (κ3) is 4.33. The molecular formula is C13H18N2O3S. The molecular weight excluding hydrogens is 264 g/mol. The monoisotopic (exact) mass is 282 g/mol. The second-order valence-corrected chi connectivity index (χ2v) is 5.53. The number of thiophene rings is 1. The van der Waals surface area contributed by atoms with Crippen LogP contribution in [0.15, 0.2) is 16.8 Å². The summed E-state index contributed by atoms with van der Waals surface area (Å²) in [6.45, 7) is 2.30. The Kier molecular flexibility index (Phi) is 4.93. The van der Waals surface area contributed by atoms with Gasteiger partial charge in [-0.3, -0.25) is 9.59 Å². The fourth-order valence-corrected chi connectivity index (χ4v) is 2.85. The zero-order valence-corrected chi connectivity index (χ0v) is 11.5. The van der Waals surface area contributed by atoms with E-state index in [1.165, 1.54) is 11.3 Å². The minimum Gasteiger partial charge on any atom is -0.481 e. The Morgan fingerprint density at radius 1 is 1.42 bits per heavy atom. The molecule has 6 heteroatoms. The summed E-state index contributed by atoms with van der Waals surface area (Å²) >= 11 is 1.51. The molecule has 1 aliphatic rings. The van der Waals surface area contributed by atoms with E-state index in [1.54, 1.807) is 0 Å². The summed E-state index contributed by atoms with van der Waals surface area (Å²) in [5, 5.41) is 15.4. The van der Waals surface area contributed by atoms with Gasteiger partial charge < -0.3 is 15.3 Å². The molecule has 104 valence electrons. The summed E-state index contributed by atoms with van der Waals surface area (Å²) in [5.41, 5.74) is 0.721. The molecule has 1 aromatic heterocycles. The van der Waals surface area contributed by atoms with Gasteiger partial charge in [-0.05, 0) is 24.3 Å². The second kappa shape index (κ2) is 6.68. The van der Waals surface area contributed by atoms with E-state index in [0.717, 1.165) is 31.5 Å². The van der Waals surface area contributed by atoms with Crippen LogP contribution < -0.4 is 5.32 Å². The van der Waals surface area contributed by atoms with E-state index >= 15 is 0 Å². The Hall–Kier alpha value is -1.40. The Labute approximate surface area is 116 Å². The van der Waals surface area contributed by atoms with Crippen LogP contribution in [0.2, 0.25) is 0 Å². The van der Waals surface area contributed by atoms with Gasteiger partial charge in [0.2, 0.25) is 0 Å². The van der Waals surface area contributed by atoms with Crippen LogP contribution in [0.1, 0.15) is 29.6 Å². The molecule has 2 rings (SSSR count). The molecule has 0 aliphatic carbocycles. The van der Waals surface area contributed by atoms with Crippen molar-refractivity contribution < 1.29 is 14.7 Å². The highest BCUT2D eigenvalue weighted by Crippen LogP contribution is 2.12. The molecule has 0 atom stereocenters. The summed E-state index contributed by atoms with van der Waals surface area (Å²) in [6, 6.07) is 2.02. The Morgan fingerprint density at radius 3 is 2.74 bits per heavy atom. The van der Waals surface area contributed by atoms with Gasteiger partial charge in [0.15, 0.2) is 0 Å². The van der Waals surface area contributed by atoms with Gasteiger partial charge in [0.1, 0.15) is 0 Å². The molecule has 0 aromatic carbocycles. The van der Waals surface area contributed by atoms with Gasteiger partial charge in [-0.25, -0.2) is 0 Å². The lowest BCUT2D eigenvalue weighted by atomic mass is 10.0. The highest BCUT2D eigenvalue weighted by Gasteiger charge is 2.21. The van der Waals surface area contributed by atoms with Crippen LogP contribution in [-0.2, 0) is 4.79 Å². The van der Waals surface area contributed by atoms with Crippen molar-refractivity contribution in [3.05, 3.63) is 22.4 Å². The van der Waals surface area contributed by atoms with E-state index in [2.05, 4.69) is 10.2 Å². The number of carbonyl (C=O) groups is 2. The number of carbonyl (C=O) groups excluding carboxylic acids is 1. The third-order valence-electron chi connectivity index (χ3n) is 3.35. The standard InChI is InChI=1S/C13H18N2O3S/c16-12(17)3-7-15-5-1-11(2-6-15)14-13(18)10-4-8-19-9-10/h4,8-9,11H,1-3,5-7H2,(H,14,18)(H,16,17). The van der Waals surface area contributed by atoms with Crippen LogP contribution in [0.5, 0.6) is 0 Å². The van der Waals surface area contributed by atoms with Crippen LogP contribution in [-0.4, -0.2) is 47.6 Å². The van der Waals surface area contributed by atoms with E-state index < -0.39 is 5.97 Å². The van der Waals surface area contributed by atoms with Crippen LogP contribution in [0.3, 0.4) is 0 Å². The number of piperidine rings is 1. The zero-order valence-electron chi connectivity index (χ0n) is 10.7. The van der Waals surface area contributed by atoms with Gasteiger partial charge >= 0.3 is 5.97 Å². The van der Waals surface area contributed by atoms with E-state index in [-0.39, 0.29) is 18.4 Å². The van der Waals surface area contributed by atoms with Gasteiger partial charge in [-0.2, -0.15) is 11.3 Å². The average Bonchev–Trinajstić information content (AvgIpc) is 2.92. The molecule has 0 spiro atoms. The molecule has 1 aromatic rings. The van der Waals surface area contributed by atoms with E-state index in [9.17, 15) is 9.59 Å². The lowest BCUT2D eigenvalue weighted by Crippen LogP contribution is -2.45. The first kappa shape index (κ1) is 14.0. The number of hydrogen-bond donors (Lipinski definition) is 2. The van der Waals surface area contributed by atoms with Crippen LogP contribution in [0.25, 0.3) is 0 Å². The van der Waals surface area contributed by atoms with Crippen molar-refractivity contribution in [2.24, 2.45) is 0 Å². The second-order valence-electron chi connectivity index (χ2n) is 4.75. The summed E-state index contributed by atoms with van der Waals surface area (Å²) < 4.78 is 0. The molecule has 0 saturated carbocycles. The summed E-state index contributed by atoms with van der Waals surface area (Å²) in [5.74, 6) is -0.766. The largest absolute Gasteiger partial charge is 0.481 e. The number of aliphatic carboxylic acids is 1. The normalized spacial score (nSPS) is 17.3.